The molecule has 3 aliphatic heterocycles. The van der Waals surface area contributed by atoms with E-state index in [0.29, 0.717) is 22.6 Å². The summed E-state index contributed by atoms with van der Waals surface area (Å²) in [5.74, 6) is 0.237. The molecule has 3 aliphatic rings. The molecule has 3 heterocycles. The van der Waals surface area contributed by atoms with Gasteiger partial charge in [-0.2, -0.15) is 0 Å². The van der Waals surface area contributed by atoms with Crippen LogP contribution in [0, 0.1) is 5.92 Å². The Balaban J connectivity index is 1.17. The molecular weight excluding hydrogens is 402 g/mol. The molecule has 0 radical (unpaired) electrons. The molecule has 0 bridgehead atoms. The van der Waals surface area contributed by atoms with Gasteiger partial charge in [0.25, 0.3) is 17.7 Å². The predicted octanol–water partition coefficient (Wildman–Crippen LogP) is 3.43. The minimum atomic E-state index is -0.262. The van der Waals surface area contributed by atoms with Gasteiger partial charge < -0.3 is 9.80 Å². The van der Waals surface area contributed by atoms with E-state index < -0.39 is 0 Å². The minimum absolute atomic E-state index is 0.0666. The average Bonchev–Trinajstić information content (AvgIpc) is 3.42. The van der Waals surface area contributed by atoms with Gasteiger partial charge in [-0.05, 0) is 74.5 Å². The van der Waals surface area contributed by atoms with Crippen molar-refractivity contribution in [3.05, 3.63) is 70.8 Å². The zero-order chi connectivity index (χ0) is 22.1. The number of hydrogen-bond acceptors (Lipinski definition) is 4. The van der Waals surface area contributed by atoms with Gasteiger partial charge in [0.2, 0.25) is 0 Å². The van der Waals surface area contributed by atoms with Crippen molar-refractivity contribution in [2.45, 2.75) is 32.2 Å². The molecule has 6 heteroatoms. The third-order valence-electron chi connectivity index (χ3n) is 7.04. The molecule has 5 rings (SSSR count). The topological polar surface area (TPSA) is 60.9 Å². The van der Waals surface area contributed by atoms with E-state index in [4.69, 9.17) is 0 Å². The summed E-state index contributed by atoms with van der Waals surface area (Å²) in [6, 6.07) is 14.2. The molecule has 0 aliphatic carbocycles. The summed E-state index contributed by atoms with van der Waals surface area (Å²) in [4.78, 5) is 43.9. The molecule has 2 saturated heterocycles. The number of imide groups is 1. The summed E-state index contributed by atoms with van der Waals surface area (Å²) >= 11 is 0. The van der Waals surface area contributed by atoms with E-state index in [1.54, 1.807) is 24.3 Å². The molecule has 0 N–H and O–H groups in total. The van der Waals surface area contributed by atoms with Gasteiger partial charge in [-0.1, -0.05) is 24.3 Å². The van der Waals surface area contributed by atoms with Crippen molar-refractivity contribution in [1.82, 2.24) is 14.7 Å². The van der Waals surface area contributed by atoms with Crippen LogP contribution in [0.3, 0.4) is 0 Å². The number of hydrogen-bond donors (Lipinski definition) is 0. The fourth-order valence-electron chi connectivity index (χ4n) is 5.15. The molecule has 0 saturated carbocycles. The molecule has 2 fully saturated rings. The minimum Gasteiger partial charge on any atom is -0.339 e. The van der Waals surface area contributed by atoms with E-state index in [1.165, 1.54) is 37.4 Å². The van der Waals surface area contributed by atoms with Crippen LogP contribution in [0.2, 0.25) is 0 Å². The summed E-state index contributed by atoms with van der Waals surface area (Å²) in [7, 11) is 0. The number of fused-ring (bicyclic) bond motifs is 1. The molecule has 2 aromatic carbocycles. The maximum atomic E-state index is 13.0. The first kappa shape index (κ1) is 20.9. The van der Waals surface area contributed by atoms with Crippen molar-refractivity contribution in [2.24, 2.45) is 5.92 Å². The van der Waals surface area contributed by atoms with Crippen LogP contribution < -0.4 is 0 Å². The lowest BCUT2D eigenvalue weighted by Gasteiger charge is -2.34. The first-order valence-electron chi connectivity index (χ1n) is 11.7. The fraction of sp³-hybridized carbons (Fsp3) is 0.423. The van der Waals surface area contributed by atoms with Gasteiger partial charge in [0.15, 0.2) is 0 Å². The second kappa shape index (κ2) is 8.87. The number of piperidine rings is 1. The number of carbonyl (C=O) groups excluding carboxylic acids is 3. The van der Waals surface area contributed by atoms with Gasteiger partial charge in [-0.15, -0.1) is 0 Å². The van der Waals surface area contributed by atoms with Gasteiger partial charge in [-0.3, -0.25) is 19.3 Å². The first-order valence-corrected chi connectivity index (χ1v) is 11.7. The van der Waals surface area contributed by atoms with Crippen LogP contribution in [-0.2, 0) is 6.54 Å². The molecular formula is C26H29N3O3. The number of amides is 3. The molecule has 6 nitrogen and oxygen atoms in total. The zero-order valence-corrected chi connectivity index (χ0v) is 18.3. The van der Waals surface area contributed by atoms with Crippen molar-refractivity contribution < 1.29 is 14.4 Å². The molecule has 0 atom stereocenters. The lowest BCUT2D eigenvalue weighted by atomic mass is 9.95. The third kappa shape index (κ3) is 4.07. The lowest BCUT2D eigenvalue weighted by Crippen LogP contribution is -2.41. The van der Waals surface area contributed by atoms with Crippen LogP contribution in [-0.4, -0.2) is 65.1 Å². The lowest BCUT2D eigenvalue weighted by molar-refractivity contribution is 0.0637. The Morgan fingerprint density at radius 2 is 1.41 bits per heavy atom. The number of nitrogens with zero attached hydrogens (tertiary/aromatic N) is 3. The molecule has 166 valence electrons. The van der Waals surface area contributed by atoms with Gasteiger partial charge >= 0.3 is 0 Å². The van der Waals surface area contributed by atoms with Gasteiger partial charge in [0.05, 0.1) is 17.7 Å². The molecule has 2 aromatic rings. The monoisotopic (exact) mass is 431 g/mol. The van der Waals surface area contributed by atoms with Crippen LogP contribution in [0.1, 0.15) is 62.3 Å². The molecule has 0 unspecified atom stereocenters. The van der Waals surface area contributed by atoms with E-state index in [9.17, 15) is 14.4 Å². The van der Waals surface area contributed by atoms with Gasteiger partial charge in [0, 0.05) is 25.2 Å². The second-order valence-corrected chi connectivity index (χ2v) is 9.18. The Hall–Kier alpha value is -2.99. The van der Waals surface area contributed by atoms with Crippen molar-refractivity contribution in [3.8, 4) is 0 Å². The second-order valence-electron chi connectivity index (χ2n) is 9.18. The summed E-state index contributed by atoms with van der Waals surface area (Å²) in [5.41, 5.74) is 2.41. The zero-order valence-electron chi connectivity index (χ0n) is 18.3. The van der Waals surface area contributed by atoms with Crippen LogP contribution in [0.4, 0.5) is 0 Å². The maximum absolute atomic E-state index is 13.0. The highest BCUT2D eigenvalue weighted by atomic mass is 16.2. The highest BCUT2D eigenvalue weighted by Gasteiger charge is 2.35. The van der Waals surface area contributed by atoms with E-state index >= 15 is 0 Å². The molecule has 32 heavy (non-hydrogen) atoms. The summed E-state index contributed by atoms with van der Waals surface area (Å²) in [6.45, 7) is 5.47. The Kier molecular flexibility index (Phi) is 5.79. The normalized spacial score (nSPS) is 19.6. The predicted molar refractivity (Wildman–Crippen MR) is 121 cm³/mol. The smallest absolute Gasteiger partial charge is 0.261 e. The van der Waals surface area contributed by atoms with E-state index in [-0.39, 0.29) is 24.3 Å². The Morgan fingerprint density at radius 3 is 2.00 bits per heavy atom. The van der Waals surface area contributed by atoms with E-state index in [1.807, 2.05) is 29.2 Å². The summed E-state index contributed by atoms with van der Waals surface area (Å²) < 4.78 is 0. The Bertz CT molecular complexity index is 984. The quantitative estimate of drug-likeness (QED) is 0.681. The fourth-order valence-corrected chi connectivity index (χ4v) is 5.15. The highest BCUT2D eigenvalue weighted by molar-refractivity contribution is 6.21. The SMILES string of the molecule is O=C(c1ccc(CN2C(=O)c3ccccc3C2=O)cc1)N1CCC(CN2CCCC2)CC1. The first-order chi connectivity index (χ1) is 15.6. The number of carbonyl (C=O) groups is 3. The summed E-state index contributed by atoms with van der Waals surface area (Å²) in [5, 5.41) is 0. The van der Waals surface area contributed by atoms with Crippen LogP contribution >= 0.6 is 0 Å². The Morgan fingerprint density at radius 1 is 0.812 bits per heavy atom. The highest BCUT2D eigenvalue weighted by Crippen LogP contribution is 2.25. The third-order valence-corrected chi connectivity index (χ3v) is 7.04. The maximum Gasteiger partial charge on any atom is 0.261 e. The molecule has 0 aromatic heterocycles. The number of rotatable bonds is 5. The van der Waals surface area contributed by atoms with Crippen molar-refractivity contribution >= 4 is 17.7 Å². The number of benzene rings is 2. The van der Waals surface area contributed by atoms with Crippen LogP contribution in [0.5, 0.6) is 0 Å². The van der Waals surface area contributed by atoms with Crippen molar-refractivity contribution in [1.29, 1.82) is 0 Å². The van der Waals surface area contributed by atoms with Crippen molar-refractivity contribution in [3.63, 3.8) is 0 Å². The molecule has 0 spiro atoms. The Labute approximate surface area is 188 Å². The summed E-state index contributed by atoms with van der Waals surface area (Å²) in [6.07, 6.45) is 4.78. The van der Waals surface area contributed by atoms with E-state index in [0.717, 1.165) is 31.5 Å². The molecule has 3 amide bonds. The standard InChI is InChI=1S/C26H29N3O3/c30-24(28-15-11-20(12-16-28)17-27-13-3-4-14-27)21-9-7-19(8-10-21)18-29-25(31)22-5-1-2-6-23(22)26(29)32/h1-2,5-10,20H,3-4,11-18H2. The van der Waals surface area contributed by atoms with Crippen LogP contribution in [0.15, 0.2) is 48.5 Å². The average molecular weight is 432 g/mol. The number of likely N-dealkylation sites (tertiary alicyclic amines) is 2. The largest absolute Gasteiger partial charge is 0.339 e. The van der Waals surface area contributed by atoms with Crippen molar-refractivity contribution in [2.75, 3.05) is 32.7 Å². The van der Waals surface area contributed by atoms with Gasteiger partial charge in [-0.25, -0.2) is 0 Å². The van der Waals surface area contributed by atoms with Gasteiger partial charge in [0.1, 0.15) is 0 Å². The van der Waals surface area contributed by atoms with Crippen LogP contribution in [0.25, 0.3) is 0 Å². The van der Waals surface area contributed by atoms with E-state index in [2.05, 4.69) is 4.90 Å².